The van der Waals surface area contributed by atoms with Crippen molar-refractivity contribution in [3.05, 3.63) is 0 Å². The van der Waals surface area contributed by atoms with Gasteiger partial charge in [-0.3, -0.25) is 5.84 Å². The quantitative estimate of drug-likeness (QED) is 0.426. The number of nitrogens with two attached hydrogens (primary N) is 1. The molecule has 11 heavy (non-hydrogen) atoms. The first-order valence-electron chi connectivity index (χ1n) is 4.46. The molecule has 1 aliphatic heterocycles. The Balaban J connectivity index is 2.05. The second kappa shape index (κ2) is 2.72. The summed E-state index contributed by atoms with van der Waals surface area (Å²) in [6.07, 6.45) is 4.56. The average molecular weight is 158 g/mol. The van der Waals surface area contributed by atoms with Crippen LogP contribution < -0.4 is 5.84 Å². The maximum Gasteiger partial charge on any atom is 0.166 e. The Morgan fingerprint density at radius 2 is 2.00 bits per heavy atom. The smallest absolute Gasteiger partial charge is 0.166 e. The third-order valence-corrected chi connectivity index (χ3v) is 3.07. The monoisotopic (exact) mass is 158 g/mol. The molecule has 0 radical (unpaired) electrons. The summed E-state index contributed by atoms with van der Waals surface area (Å²) in [6, 6.07) is 0.346. The Kier molecular flexibility index (Phi) is 1.85. The van der Waals surface area contributed by atoms with Crippen LogP contribution >= 0.6 is 0 Å². The van der Waals surface area contributed by atoms with Crippen molar-refractivity contribution in [2.75, 3.05) is 0 Å². The van der Waals surface area contributed by atoms with Crippen molar-refractivity contribution in [1.29, 1.82) is 0 Å². The van der Waals surface area contributed by atoms with Crippen LogP contribution in [0, 0.1) is 5.92 Å². The number of hydrogen-bond acceptors (Lipinski definition) is 2. The van der Waals surface area contributed by atoms with Crippen LogP contribution in [0.5, 0.6) is 0 Å². The van der Waals surface area contributed by atoms with Crippen LogP contribution in [0.2, 0.25) is 0 Å². The number of rotatable bonds is 0. The largest absolute Gasteiger partial charge is 0.266 e. The number of nitrogens with zero attached hydrogens (tertiary/aromatic N) is 1. The van der Waals surface area contributed by atoms with Crippen molar-refractivity contribution in [2.45, 2.75) is 44.4 Å². The van der Waals surface area contributed by atoms with Gasteiger partial charge in [0.15, 0.2) is 6.30 Å². The van der Waals surface area contributed by atoms with Gasteiger partial charge >= 0.3 is 0 Å². The van der Waals surface area contributed by atoms with E-state index in [0.717, 1.165) is 6.42 Å². The summed E-state index contributed by atoms with van der Waals surface area (Å²) in [6.45, 7) is 0. The van der Waals surface area contributed by atoms with Crippen molar-refractivity contribution >= 4 is 0 Å². The predicted octanol–water partition coefficient (Wildman–Crippen LogP) is 1.42. The Labute approximate surface area is 66.5 Å². The molecule has 1 heterocycles. The lowest BCUT2D eigenvalue weighted by Gasteiger charge is -2.28. The zero-order valence-corrected chi connectivity index (χ0v) is 6.67. The number of halogens is 1. The van der Waals surface area contributed by atoms with Crippen LogP contribution in [0.4, 0.5) is 4.39 Å². The van der Waals surface area contributed by atoms with Gasteiger partial charge in [-0.1, -0.05) is 12.8 Å². The van der Waals surface area contributed by atoms with Gasteiger partial charge in [0, 0.05) is 6.04 Å². The van der Waals surface area contributed by atoms with Gasteiger partial charge in [0.25, 0.3) is 0 Å². The van der Waals surface area contributed by atoms with E-state index in [1.165, 1.54) is 24.3 Å². The lowest BCUT2D eigenvalue weighted by molar-refractivity contribution is 0.0816. The summed E-state index contributed by atoms with van der Waals surface area (Å²) in [4.78, 5) is 0. The highest BCUT2D eigenvalue weighted by Crippen LogP contribution is 2.37. The topological polar surface area (TPSA) is 29.3 Å². The third kappa shape index (κ3) is 1.16. The van der Waals surface area contributed by atoms with Crippen molar-refractivity contribution in [3.8, 4) is 0 Å². The van der Waals surface area contributed by atoms with Gasteiger partial charge in [-0.15, -0.1) is 0 Å². The number of hydrogen-bond donors (Lipinski definition) is 1. The van der Waals surface area contributed by atoms with E-state index >= 15 is 0 Å². The van der Waals surface area contributed by atoms with Crippen molar-refractivity contribution < 1.29 is 4.39 Å². The molecule has 3 heteroatoms. The molecule has 1 aliphatic carbocycles. The SMILES string of the molecule is NN1C(F)CC2CCCCC21. The minimum Gasteiger partial charge on any atom is -0.266 e. The fourth-order valence-electron chi connectivity index (χ4n) is 2.43. The maximum absolute atomic E-state index is 13.0. The minimum atomic E-state index is -0.872. The summed E-state index contributed by atoms with van der Waals surface area (Å²) >= 11 is 0. The van der Waals surface area contributed by atoms with Gasteiger partial charge in [-0.2, -0.15) is 0 Å². The molecule has 3 unspecified atom stereocenters. The zero-order chi connectivity index (χ0) is 7.84. The highest BCUT2D eigenvalue weighted by atomic mass is 19.1. The highest BCUT2D eigenvalue weighted by Gasteiger charge is 2.40. The summed E-state index contributed by atoms with van der Waals surface area (Å²) in [5.74, 6) is 6.14. The van der Waals surface area contributed by atoms with Crippen LogP contribution in [0.15, 0.2) is 0 Å². The summed E-state index contributed by atoms with van der Waals surface area (Å²) in [5.41, 5.74) is 0. The standard InChI is InChI=1S/C8H15FN2/c9-8-5-6-3-1-2-4-7(6)11(8)10/h6-8H,1-5,10H2. The highest BCUT2D eigenvalue weighted by molar-refractivity contribution is 4.89. The van der Waals surface area contributed by atoms with Gasteiger partial charge in [0.2, 0.25) is 0 Å². The lowest BCUT2D eigenvalue weighted by Crippen LogP contribution is -2.42. The molecule has 64 valence electrons. The van der Waals surface area contributed by atoms with Crippen molar-refractivity contribution in [2.24, 2.45) is 11.8 Å². The van der Waals surface area contributed by atoms with Crippen LogP contribution in [0.3, 0.4) is 0 Å². The summed E-state index contributed by atoms with van der Waals surface area (Å²) in [7, 11) is 0. The van der Waals surface area contributed by atoms with Crippen molar-refractivity contribution in [3.63, 3.8) is 0 Å². The first-order valence-corrected chi connectivity index (χ1v) is 4.46. The molecule has 2 aliphatic rings. The van der Waals surface area contributed by atoms with E-state index in [1.54, 1.807) is 0 Å². The van der Waals surface area contributed by atoms with Crippen LogP contribution in [-0.4, -0.2) is 17.3 Å². The molecule has 0 spiro atoms. The molecular formula is C8H15FN2. The molecule has 3 atom stereocenters. The van der Waals surface area contributed by atoms with Gasteiger partial charge in [0.05, 0.1) is 0 Å². The third-order valence-electron chi connectivity index (χ3n) is 3.07. The summed E-state index contributed by atoms with van der Waals surface area (Å²) in [5, 5.41) is 1.43. The van der Waals surface area contributed by atoms with E-state index in [0.29, 0.717) is 18.4 Å². The van der Waals surface area contributed by atoms with Crippen molar-refractivity contribution in [1.82, 2.24) is 5.01 Å². The zero-order valence-electron chi connectivity index (χ0n) is 6.67. The first kappa shape index (κ1) is 7.50. The van der Waals surface area contributed by atoms with E-state index in [1.807, 2.05) is 0 Å². The maximum atomic E-state index is 13.0. The molecule has 1 saturated heterocycles. The molecule has 2 nitrogen and oxygen atoms in total. The molecule has 0 aromatic rings. The van der Waals surface area contributed by atoms with Crippen LogP contribution in [0.25, 0.3) is 0 Å². The first-order chi connectivity index (χ1) is 5.29. The molecule has 2 rings (SSSR count). The second-order valence-electron chi connectivity index (χ2n) is 3.73. The average Bonchev–Trinajstić information content (AvgIpc) is 2.30. The molecule has 2 fully saturated rings. The summed E-state index contributed by atoms with van der Waals surface area (Å²) < 4.78 is 13.0. The number of fused-ring (bicyclic) bond motifs is 1. The molecule has 2 N–H and O–H groups in total. The minimum absolute atomic E-state index is 0.346. The van der Waals surface area contributed by atoms with Gasteiger partial charge in [-0.25, -0.2) is 9.40 Å². The molecule has 0 aromatic carbocycles. The molecule has 1 saturated carbocycles. The Morgan fingerprint density at radius 1 is 1.27 bits per heavy atom. The molecule has 0 aromatic heterocycles. The Morgan fingerprint density at radius 3 is 2.73 bits per heavy atom. The van der Waals surface area contributed by atoms with E-state index in [9.17, 15) is 4.39 Å². The number of alkyl halides is 1. The second-order valence-corrected chi connectivity index (χ2v) is 3.73. The van der Waals surface area contributed by atoms with E-state index in [-0.39, 0.29) is 0 Å². The van der Waals surface area contributed by atoms with Gasteiger partial charge < -0.3 is 0 Å². The normalized spacial score (nSPS) is 45.8. The van der Waals surface area contributed by atoms with E-state index in [4.69, 9.17) is 5.84 Å². The van der Waals surface area contributed by atoms with Gasteiger partial charge in [0.1, 0.15) is 0 Å². The Bertz CT molecular complexity index is 151. The van der Waals surface area contributed by atoms with Gasteiger partial charge in [-0.05, 0) is 25.2 Å². The Hall–Kier alpha value is -0.150. The predicted molar refractivity (Wildman–Crippen MR) is 41.3 cm³/mol. The number of hydrazine groups is 1. The van der Waals surface area contributed by atoms with E-state index in [2.05, 4.69) is 0 Å². The van der Waals surface area contributed by atoms with Crippen LogP contribution in [0.1, 0.15) is 32.1 Å². The molecule has 0 amide bonds. The fourth-order valence-corrected chi connectivity index (χ4v) is 2.43. The molecule has 0 bridgehead atoms. The molecular weight excluding hydrogens is 143 g/mol. The lowest BCUT2D eigenvalue weighted by atomic mass is 9.85. The fraction of sp³-hybridized carbons (Fsp3) is 1.00. The van der Waals surface area contributed by atoms with E-state index < -0.39 is 6.30 Å². The van der Waals surface area contributed by atoms with Crippen LogP contribution in [-0.2, 0) is 0 Å².